The van der Waals surface area contributed by atoms with Crippen LogP contribution < -0.4 is 10.1 Å². The topological polar surface area (TPSA) is 60.5 Å². The lowest BCUT2D eigenvalue weighted by Gasteiger charge is -2.07. The summed E-state index contributed by atoms with van der Waals surface area (Å²) in [6.07, 6.45) is 1.41. The van der Waals surface area contributed by atoms with Crippen molar-refractivity contribution in [3.05, 3.63) is 35.1 Å². The van der Waals surface area contributed by atoms with E-state index in [0.717, 1.165) is 11.3 Å². The molecule has 0 aliphatic carbocycles. The van der Waals surface area contributed by atoms with Gasteiger partial charge in [-0.05, 0) is 19.1 Å². The third-order valence-corrected chi connectivity index (χ3v) is 3.27. The molecule has 0 saturated carbocycles. The van der Waals surface area contributed by atoms with E-state index in [9.17, 15) is 9.18 Å². The maximum atomic E-state index is 13.7. The molecular formula is C13H13FN2O3S. The van der Waals surface area contributed by atoms with Crippen LogP contribution in [0, 0.1) is 5.82 Å². The van der Waals surface area contributed by atoms with E-state index in [1.165, 1.54) is 25.4 Å². The van der Waals surface area contributed by atoms with Gasteiger partial charge in [0.05, 0.1) is 19.9 Å². The molecule has 0 fully saturated rings. The lowest BCUT2D eigenvalue weighted by Crippen LogP contribution is -1.97. The van der Waals surface area contributed by atoms with Crippen molar-refractivity contribution in [2.75, 3.05) is 19.0 Å². The first-order valence-electron chi connectivity index (χ1n) is 5.87. The number of hydrogen-bond acceptors (Lipinski definition) is 6. The summed E-state index contributed by atoms with van der Waals surface area (Å²) in [6.45, 7) is 2.19. The average Bonchev–Trinajstić information content (AvgIpc) is 2.89. The molecule has 0 radical (unpaired) electrons. The Morgan fingerprint density at radius 1 is 1.50 bits per heavy atom. The van der Waals surface area contributed by atoms with Crippen LogP contribution >= 0.6 is 11.3 Å². The summed E-state index contributed by atoms with van der Waals surface area (Å²) < 4.78 is 23.4. The molecule has 0 amide bonds. The van der Waals surface area contributed by atoms with Crippen molar-refractivity contribution in [2.24, 2.45) is 0 Å². The number of ether oxygens (including phenoxy) is 2. The Kier molecular flexibility index (Phi) is 4.52. The molecule has 0 aliphatic heterocycles. The molecule has 106 valence electrons. The predicted molar refractivity (Wildman–Crippen MR) is 74.3 cm³/mol. The highest BCUT2D eigenvalue weighted by Crippen LogP contribution is 2.26. The van der Waals surface area contributed by atoms with Gasteiger partial charge in [0.25, 0.3) is 0 Å². The molecule has 1 heterocycles. The second-order valence-corrected chi connectivity index (χ2v) is 4.76. The average molecular weight is 296 g/mol. The molecule has 1 aromatic carbocycles. The summed E-state index contributed by atoms with van der Waals surface area (Å²) in [6, 6.07) is 4.52. The van der Waals surface area contributed by atoms with Gasteiger partial charge < -0.3 is 14.8 Å². The van der Waals surface area contributed by atoms with Gasteiger partial charge in [0.2, 0.25) is 0 Å². The van der Waals surface area contributed by atoms with E-state index < -0.39 is 11.8 Å². The fraction of sp³-hybridized carbons (Fsp3) is 0.231. The molecule has 0 bridgehead atoms. The maximum Gasteiger partial charge on any atom is 0.349 e. The van der Waals surface area contributed by atoms with E-state index in [1.807, 2.05) is 0 Å². The van der Waals surface area contributed by atoms with Gasteiger partial charge in [-0.2, -0.15) is 0 Å². The minimum Gasteiger partial charge on any atom is -0.491 e. The highest BCUT2D eigenvalue weighted by Gasteiger charge is 2.11. The van der Waals surface area contributed by atoms with Crippen LogP contribution in [-0.4, -0.2) is 24.7 Å². The minimum absolute atomic E-state index is 0.201. The molecule has 1 N–H and O–H groups in total. The van der Waals surface area contributed by atoms with Crippen molar-refractivity contribution >= 4 is 28.1 Å². The molecule has 0 unspecified atom stereocenters. The Morgan fingerprint density at radius 3 is 2.95 bits per heavy atom. The lowest BCUT2D eigenvalue weighted by molar-refractivity contribution is 0.0606. The monoisotopic (exact) mass is 296 g/mol. The van der Waals surface area contributed by atoms with Gasteiger partial charge >= 0.3 is 5.97 Å². The Bertz CT molecular complexity index is 615. The third kappa shape index (κ3) is 3.24. The van der Waals surface area contributed by atoms with Crippen LogP contribution in [0.15, 0.2) is 24.4 Å². The van der Waals surface area contributed by atoms with E-state index in [-0.39, 0.29) is 5.75 Å². The number of nitrogens with zero attached hydrogens (tertiary/aromatic N) is 1. The van der Waals surface area contributed by atoms with Crippen molar-refractivity contribution in [2.45, 2.75) is 6.92 Å². The zero-order valence-electron chi connectivity index (χ0n) is 11.0. The van der Waals surface area contributed by atoms with E-state index in [2.05, 4.69) is 15.0 Å². The number of carbonyl (C=O) groups excluding carboxylic acids is 1. The van der Waals surface area contributed by atoms with Gasteiger partial charge in [-0.1, -0.05) is 11.3 Å². The van der Waals surface area contributed by atoms with Crippen LogP contribution in [0.2, 0.25) is 0 Å². The molecular weight excluding hydrogens is 283 g/mol. The number of esters is 1. The quantitative estimate of drug-likeness (QED) is 0.858. The maximum absolute atomic E-state index is 13.7. The molecule has 2 aromatic rings. The number of hydrogen-bond donors (Lipinski definition) is 1. The zero-order valence-corrected chi connectivity index (χ0v) is 11.8. The van der Waals surface area contributed by atoms with Gasteiger partial charge in [0, 0.05) is 11.8 Å². The number of halogens is 1. The van der Waals surface area contributed by atoms with E-state index in [1.54, 1.807) is 13.0 Å². The van der Waals surface area contributed by atoms with Crippen LogP contribution in [0.25, 0.3) is 0 Å². The molecule has 0 spiro atoms. The number of anilines is 2. The first-order valence-corrected chi connectivity index (χ1v) is 6.69. The van der Waals surface area contributed by atoms with Crippen LogP contribution in [0.4, 0.5) is 15.2 Å². The third-order valence-electron chi connectivity index (χ3n) is 2.38. The number of nitrogens with one attached hydrogen (secondary N) is 1. The van der Waals surface area contributed by atoms with Gasteiger partial charge in [-0.25, -0.2) is 14.2 Å². The van der Waals surface area contributed by atoms with Crippen LogP contribution in [0.5, 0.6) is 5.75 Å². The zero-order chi connectivity index (χ0) is 14.5. The summed E-state index contributed by atoms with van der Waals surface area (Å²) >= 11 is 1.13. The Morgan fingerprint density at radius 2 is 2.30 bits per heavy atom. The number of benzene rings is 1. The van der Waals surface area contributed by atoms with Gasteiger partial charge in [-0.3, -0.25) is 0 Å². The fourth-order valence-corrected chi connectivity index (χ4v) is 2.26. The fourth-order valence-electron chi connectivity index (χ4n) is 1.50. The highest BCUT2D eigenvalue weighted by atomic mass is 32.1. The first kappa shape index (κ1) is 14.3. The summed E-state index contributed by atoms with van der Waals surface area (Å²) in [5, 5.41) is 3.40. The molecule has 5 nitrogen and oxygen atoms in total. The normalized spacial score (nSPS) is 10.2. The lowest BCUT2D eigenvalue weighted by atomic mass is 10.3. The number of thiazole rings is 1. The van der Waals surface area contributed by atoms with Crippen molar-refractivity contribution < 1.29 is 18.7 Å². The molecule has 7 heteroatoms. The summed E-state index contributed by atoms with van der Waals surface area (Å²) in [4.78, 5) is 15.7. The van der Waals surface area contributed by atoms with Crippen molar-refractivity contribution in [3.8, 4) is 5.75 Å². The first-order chi connectivity index (χ1) is 9.63. The van der Waals surface area contributed by atoms with Crippen LogP contribution in [0.1, 0.15) is 16.6 Å². The molecule has 2 rings (SSSR count). The van der Waals surface area contributed by atoms with Crippen molar-refractivity contribution in [3.63, 3.8) is 0 Å². The second-order valence-electron chi connectivity index (χ2n) is 3.72. The van der Waals surface area contributed by atoms with Crippen molar-refractivity contribution in [1.29, 1.82) is 0 Å². The van der Waals surface area contributed by atoms with E-state index in [4.69, 9.17) is 4.74 Å². The Labute approximate surface area is 119 Å². The highest BCUT2D eigenvalue weighted by molar-refractivity contribution is 7.17. The van der Waals surface area contributed by atoms with Gasteiger partial charge in [-0.15, -0.1) is 0 Å². The molecule has 0 saturated heterocycles. The standard InChI is InChI=1S/C13H13FN2O3S/c1-3-19-10-5-4-8(6-9(10)14)16-13-15-7-11(20-13)12(17)18-2/h4-7H,3H2,1-2H3,(H,15,16). The summed E-state index contributed by atoms with van der Waals surface area (Å²) in [7, 11) is 1.30. The van der Waals surface area contributed by atoms with Crippen LogP contribution in [0.3, 0.4) is 0 Å². The van der Waals surface area contributed by atoms with Gasteiger partial charge in [0.15, 0.2) is 16.7 Å². The largest absolute Gasteiger partial charge is 0.491 e. The number of methoxy groups -OCH3 is 1. The SMILES string of the molecule is CCOc1ccc(Nc2ncc(C(=O)OC)s2)cc1F. The molecule has 20 heavy (non-hydrogen) atoms. The summed E-state index contributed by atoms with van der Waals surface area (Å²) in [5.74, 6) is -0.706. The minimum atomic E-state index is -0.457. The van der Waals surface area contributed by atoms with Crippen molar-refractivity contribution in [1.82, 2.24) is 4.98 Å². The van der Waals surface area contributed by atoms with Crippen LogP contribution in [-0.2, 0) is 4.74 Å². The Balaban J connectivity index is 2.12. The summed E-state index contributed by atoms with van der Waals surface area (Å²) in [5.41, 5.74) is 0.525. The number of carbonyl (C=O) groups is 1. The molecule has 1 aromatic heterocycles. The molecule has 0 atom stereocenters. The number of rotatable bonds is 5. The smallest absolute Gasteiger partial charge is 0.349 e. The van der Waals surface area contributed by atoms with E-state index >= 15 is 0 Å². The van der Waals surface area contributed by atoms with Gasteiger partial charge in [0.1, 0.15) is 4.88 Å². The number of aromatic nitrogens is 1. The second kappa shape index (κ2) is 6.33. The van der Waals surface area contributed by atoms with E-state index in [0.29, 0.717) is 22.3 Å². The molecule has 0 aliphatic rings. The Hall–Kier alpha value is -2.15. The predicted octanol–water partition coefficient (Wildman–Crippen LogP) is 3.21.